The van der Waals surface area contributed by atoms with Crippen LogP contribution in [0.4, 0.5) is 5.95 Å². The Morgan fingerprint density at radius 1 is 1.12 bits per heavy atom. The number of nitrogens with zero attached hydrogens (tertiary/aromatic N) is 3. The zero-order chi connectivity index (χ0) is 17.4. The third-order valence-corrected chi connectivity index (χ3v) is 4.65. The lowest BCUT2D eigenvalue weighted by atomic mass is 10.0. The molecule has 1 N–H and O–H groups in total. The first-order valence-electron chi connectivity index (χ1n) is 7.63. The van der Waals surface area contributed by atoms with Gasteiger partial charge in [-0.1, -0.05) is 29.3 Å². The minimum absolute atomic E-state index is 0.180. The molecular weight excluding hydrogens is 359 g/mol. The second-order valence-electron chi connectivity index (χ2n) is 5.57. The molecule has 1 aromatic heterocycles. The summed E-state index contributed by atoms with van der Waals surface area (Å²) in [6, 6.07) is 13.1. The molecule has 7 heteroatoms. The van der Waals surface area contributed by atoms with Gasteiger partial charge in [-0.25, -0.2) is 4.68 Å². The van der Waals surface area contributed by atoms with Gasteiger partial charge in [-0.05, 0) is 53.6 Å². The van der Waals surface area contributed by atoms with E-state index in [0.29, 0.717) is 16.0 Å². The van der Waals surface area contributed by atoms with E-state index in [2.05, 4.69) is 21.5 Å². The SMILES string of the molecule is COc1ccc(C2=CC(c3ccc(Cl)cc3Cl)n3ncnc3N2)cc1. The number of allylic oxidation sites excluding steroid dienone is 1. The average Bonchev–Trinajstić information content (AvgIpc) is 3.10. The molecule has 0 fully saturated rings. The van der Waals surface area contributed by atoms with Crippen molar-refractivity contribution in [2.45, 2.75) is 6.04 Å². The molecule has 0 radical (unpaired) electrons. The van der Waals surface area contributed by atoms with Crippen molar-refractivity contribution in [1.29, 1.82) is 0 Å². The summed E-state index contributed by atoms with van der Waals surface area (Å²) in [4.78, 5) is 4.30. The van der Waals surface area contributed by atoms with E-state index in [1.54, 1.807) is 17.9 Å². The Labute approximate surface area is 154 Å². The van der Waals surface area contributed by atoms with Crippen LogP contribution in [0.25, 0.3) is 5.70 Å². The molecule has 126 valence electrons. The first kappa shape index (κ1) is 16.0. The third kappa shape index (κ3) is 2.97. The largest absolute Gasteiger partial charge is 0.497 e. The molecule has 1 aliphatic rings. The Morgan fingerprint density at radius 2 is 1.92 bits per heavy atom. The van der Waals surface area contributed by atoms with Crippen molar-refractivity contribution in [1.82, 2.24) is 14.8 Å². The molecule has 2 heterocycles. The summed E-state index contributed by atoms with van der Waals surface area (Å²) in [6.45, 7) is 0. The number of methoxy groups -OCH3 is 1. The van der Waals surface area contributed by atoms with Crippen molar-refractivity contribution in [3.63, 3.8) is 0 Å². The highest BCUT2D eigenvalue weighted by Gasteiger charge is 2.25. The smallest absolute Gasteiger partial charge is 0.226 e. The molecule has 0 aliphatic carbocycles. The molecule has 0 spiro atoms. The number of rotatable bonds is 3. The van der Waals surface area contributed by atoms with Crippen molar-refractivity contribution in [2.24, 2.45) is 0 Å². The number of nitrogens with one attached hydrogen (secondary N) is 1. The highest BCUT2D eigenvalue weighted by atomic mass is 35.5. The standard InChI is InChI=1S/C18H14Cl2N4O/c1-25-13-5-2-11(3-6-13)16-9-17(24-18(23-16)21-10-22-24)14-7-4-12(19)8-15(14)20/h2-10,17H,1H3,(H,21,22,23). The van der Waals surface area contributed by atoms with Crippen LogP contribution in [0.2, 0.25) is 10.0 Å². The van der Waals surface area contributed by atoms with Crippen LogP contribution in [-0.4, -0.2) is 21.9 Å². The van der Waals surface area contributed by atoms with Crippen LogP contribution in [-0.2, 0) is 0 Å². The fourth-order valence-electron chi connectivity index (χ4n) is 2.84. The van der Waals surface area contributed by atoms with E-state index in [0.717, 1.165) is 22.6 Å². The molecule has 0 saturated heterocycles. The summed E-state index contributed by atoms with van der Waals surface area (Å²) in [7, 11) is 1.65. The lowest BCUT2D eigenvalue weighted by Gasteiger charge is -2.25. The van der Waals surface area contributed by atoms with Gasteiger partial charge in [0.1, 0.15) is 18.1 Å². The van der Waals surface area contributed by atoms with Crippen LogP contribution in [0, 0.1) is 0 Å². The molecule has 5 nitrogen and oxygen atoms in total. The second kappa shape index (κ2) is 6.43. The van der Waals surface area contributed by atoms with Crippen molar-refractivity contribution < 1.29 is 4.74 Å². The van der Waals surface area contributed by atoms with Gasteiger partial charge < -0.3 is 10.1 Å². The molecule has 1 aliphatic heterocycles. The van der Waals surface area contributed by atoms with Crippen molar-refractivity contribution in [2.75, 3.05) is 12.4 Å². The maximum Gasteiger partial charge on any atom is 0.226 e. The number of fused-ring (bicyclic) bond motifs is 1. The van der Waals surface area contributed by atoms with E-state index in [9.17, 15) is 0 Å². The van der Waals surface area contributed by atoms with E-state index >= 15 is 0 Å². The molecule has 25 heavy (non-hydrogen) atoms. The summed E-state index contributed by atoms with van der Waals surface area (Å²) in [5.41, 5.74) is 2.86. The lowest BCUT2D eigenvalue weighted by Crippen LogP contribution is -2.20. The van der Waals surface area contributed by atoms with Gasteiger partial charge in [-0.2, -0.15) is 10.1 Å². The van der Waals surface area contributed by atoms with Gasteiger partial charge in [0, 0.05) is 15.7 Å². The Balaban J connectivity index is 1.80. The molecule has 3 aromatic rings. The number of hydrogen-bond acceptors (Lipinski definition) is 4. The maximum absolute atomic E-state index is 6.42. The van der Waals surface area contributed by atoms with Crippen LogP contribution in [0.3, 0.4) is 0 Å². The number of ether oxygens (including phenoxy) is 1. The van der Waals surface area contributed by atoms with Crippen LogP contribution in [0.1, 0.15) is 17.2 Å². The number of anilines is 1. The maximum atomic E-state index is 6.42. The van der Waals surface area contributed by atoms with Gasteiger partial charge in [0.25, 0.3) is 0 Å². The zero-order valence-corrected chi connectivity index (χ0v) is 14.8. The number of benzene rings is 2. The van der Waals surface area contributed by atoms with Crippen LogP contribution in [0.5, 0.6) is 5.75 Å². The Hall–Kier alpha value is -2.50. The molecular formula is C18H14Cl2N4O. The lowest BCUT2D eigenvalue weighted by molar-refractivity contribution is 0.415. The fraction of sp³-hybridized carbons (Fsp3) is 0.111. The number of halogens is 2. The Morgan fingerprint density at radius 3 is 2.64 bits per heavy atom. The predicted octanol–water partition coefficient (Wildman–Crippen LogP) is 4.65. The summed E-state index contributed by atoms with van der Waals surface area (Å²) < 4.78 is 7.02. The third-order valence-electron chi connectivity index (χ3n) is 4.09. The van der Waals surface area contributed by atoms with Gasteiger partial charge in [0.05, 0.1) is 7.11 Å². The highest BCUT2D eigenvalue weighted by molar-refractivity contribution is 6.35. The summed E-state index contributed by atoms with van der Waals surface area (Å²) in [6.07, 6.45) is 3.59. The molecule has 4 rings (SSSR count). The van der Waals surface area contributed by atoms with Gasteiger partial charge >= 0.3 is 0 Å². The quantitative estimate of drug-likeness (QED) is 0.726. The monoisotopic (exact) mass is 372 g/mol. The van der Waals surface area contributed by atoms with Crippen LogP contribution >= 0.6 is 23.2 Å². The van der Waals surface area contributed by atoms with Crippen molar-refractivity contribution in [3.8, 4) is 5.75 Å². The topological polar surface area (TPSA) is 52.0 Å². The Bertz CT molecular complexity index is 950. The Kier molecular flexibility index (Phi) is 4.11. The summed E-state index contributed by atoms with van der Waals surface area (Å²) in [5, 5.41) is 8.81. The minimum atomic E-state index is -0.180. The zero-order valence-electron chi connectivity index (χ0n) is 13.3. The predicted molar refractivity (Wildman–Crippen MR) is 99.2 cm³/mol. The van der Waals surface area contributed by atoms with E-state index in [1.807, 2.05) is 36.4 Å². The van der Waals surface area contributed by atoms with E-state index in [4.69, 9.17) is 27.9 Å². The highest BCUT2D eigenvalue weighted by Crippen LogP contribution is 2.36. The van der Waals surface area contributed by atoms with Gasteiger partial charge in [-0.3, -0.25) is 0 Å². The minimum Gasteiger partial charge on any atom is -0.497 e. The van der Waals surface area contributed by atoms with E-state index in [1.165, 1.54) is 6.33 Å². The van der Waals surface area contributed by atoms with Crippen LogP contribution < -0.4 is 10.1 Å². The van der Waals surface area contributed by atoms with Crippen molar-refractivity contribution >= 4 is 34.8 Å². The molecule has 0 saturated carbocycles. The summed E-state index contributed by atoms with van der Waals surface area (Å²) >= 11 is 12.4. The molecule has 1 unspecified atom stereocenters. The normalized spacial score (nSPS) is 16.0. The van der Waals surface area contributed by atoms with E-state index in [-0.39, 0.29) is 6.04 Å². The molecule has 2 aromatic carbocycles. The average molecular weight is 373 g/mol. The first-order valence-corrected chi connectivity index (χ1v) is 8.39. The summed E-state index contributed by atoms with van der Waals surface area (Å²) in [5.74, 6) is 1.46. The molecule has 1 atom stereocenters. The molecule has 0 bridgehead atoms. The first-order chi connectivity index (χ1) is 12.2. The van der Waals surface area contributed by atoms with Crippen LogP contribution in [0.15, 0.2) is 54.9 Å². The number of hydrogen-bond donors (Lipinski definition) is 1. The van der Waals surface area contributed by atoms with Crippen molar-refractivity contribution in [3.05, 3.63) is 76.0 Å². The number of aromatic nitrogens is 3. The van der Waals surface area contributed by atoms with Gasteiger partial charge in [-0.15, -0.1) is 0 Å². The van der Waals surface area contributed by atoms with Gasteiger partial charge in [0.15, 0.2) is 0 Å². The second-order valence-corrected chi connectivity index (χ2v) is 6.42. The molecule has 0 amide bonds. The van der Waals surface area contributed by atoms with Gasteiger partial charge in [0.2, 0.25) is 5.95 Å². The fourth-order valence-corrected chi connectivity index (χ4v) is 3.36. The van der Waals surface area contributed by atoms with E-state index < -0.39 is 0 Å².